The lowest BCUT2D eigenvalue weighted by Crippen LogP contribution is -2.19. The number of pyridine rings is 1. The van der Waals surface area contributed by atoms with E-state index in [1.54, 1.807) is 0 Å². The molecule has 2 aromatic heterocycles. The largest absolute Gasteiger partial charge is 0.323 e. The second-order valence-electron chi connectivity index (χ2n) is 4.39. The fourth-order valence-corrected chi connectivity index (χ4v) is 3.69. The van der Waals surface area contributed by atoms with E-state index < -0.39 is 0 Å². The van der Waals surface area contributed by atoms with Crippen LogP contribution in [0, 0.1) is 0 Å². The standard InChI is InChI=1S/C15H11NSi/c1-4-14-12-5-6-15-13(3-2-10-17-15)11(12)7-9-16(14)8-1/h1-9H,10H2. The molecule has 0 fully saturated rings. The van der Waals surface area contributed by atoms with Crippen LogP contribution in [0.2, 0.25) is 6.04 Å². The molecule has 1 nitrogen and oxygen atoms in total. The molecule has 2 radical (unpaired) electrons. The lowest BCUT2D eigenvalue weighted by molar-refractivity contribution is 1.21. The van der Waals surface area contributed by atoms with Crippen LogP contribution in [0.5, 0.6) is 0 Å². The molecule has 0 unspecified atom stereocenters. The molecule has 0 amide bonds. The fourth-order valence-electron chi connectivity index (χ4n) is 2.63. The van der Waals surface area contributed by atoms with E-state index >= 15 is 0 Å². The Bertz CT molecular complexity index is 752. The minimum Gasteiger partial charge on any atom is -0.323 e. The first-order chi connectivity index (χ1) is 8.43. The van der Waals surface area contributed by atoms with Gasteiger partial charge in [0.15, 0.2) is 0 Å². The number of allylic oxidation sites excluding steroid dienone is 1. The lowest BCUT2D eigenvalue weighted by atomic mass is 10.0. The number of nitrogens with zero attached hydrogens (tertiary/aromatic N) is 1. The van der Waals surface area contributed by atoms with Gasteiger partial charge in [0.1, 0.15) is 0 Å². The molecule has 2 heteroatoms. The highest BCUT2D eigenvalue weighted by atomic mass is 28.2. The van der Waals surface area contributed by atoms with Gasteiger partial charge in [-0.25, -0.2) is 0 Å². The Labute approximate surface area is 102 Å². The van der Waals surface area contributed by atoms with Gasteiger partial charge >= 0.3 is 0 Å². The summed E-state index contributed by atoms with van der Waals surface area (Å²) >= 11 is 0. The van der Waals surface area contributed by atoms with Crippen LogP contribution in [0.4, 0.5) is 0 Å². The molecule has 0 aliphatic carbocycles. The second kappa shape index (κ2) is 3.34. The van der Waals surface area contributed by atoms with Crippen molar-refractivity contribution in [1.29, 1.82) is 0 Å². The third-order valence-electron chi connectivity index (χ3n) is 3.44. The lowest BCUT2D eigenvalue weighted by Gasteiger charge is -2.13. The van der Waals surface area contributed by atoms with Crippen molar-refractivity contribution in [3.8, 4) is 0 Å². The summed E-state index contributed by atoms with van der Waals surface area (Å²) in [6.45, 7) is 0. The van der Waals surface area contributed by atoms with Gasteiger partial charge < -0.3 is 4.40 Å². The van der Waals surface area contributed by atoms with Crippen LogP contribution in [-0.2, 0) is 0 Å². The van der Waals surface area contributed by atoms with Crippen molar-refractivity contribution >= 4 is 37.1 Å². The molecule has 4 rings (SSSR count). The molecule has 17 heavy (non-hydrogen) atoms. The summed E-state index contributed by atoms with van der Waals surface area (Å²) in [6, 6.07) is 12.3. The van der Waals surface area contributed by atoms with Crippen molar-refractivity contribution in [3.63, 3.8) is 0 Å². The summed E-state index contributed by atoms with van der Waals surface area (Å²) < 4.78 is 2.18. The van der Waals surface area contributed by atoms with Crippen LogP contribution < -0.4 is 5.19 Å². The number of rotatable bonds is 0. The first-order valence-corrected chi connectivity index (χ1v) is 7.07. The molecule has 0 N–H and O–H groups in total. The molecule has 0 saturated carbocycles. The number of benzene rings is 1. The van der Waals surface area contributed by atoms with Crippen LogP contribution in [0.1, 0.15) is 5.56 Å². The zero-order chi connectivity index (χ0) is 11.2. The monoisotopic (exact) mass is 233 g/mol. The van der Waals surface area contributed by atoms with E-state index in [0.717, 1.165) is 9.52 Å². The SMILES string of the molecule is C1=Cc2c(ccc3c2ccn2cccc32)[Si]C1. The van der Waals surface area contributed by atoms with Gasteiger partial charge in [0.2, 0.25) is 0 Å². The summed E-state index contributed by atoms with van der Waals surface area (Å²) in [5.74, 6) is 0. The third-order valence-corrected chi connectivity index (χ3v) is 4.70. The number of aromatic nitrogens is 1. The van der Waals surface area contributed by atoms with Gasteiger partial charge in [0.05, 0.1) is 15.0 Å². The molecule has 1 aromatic carbocycles. The Kier molecular flexibility index (Phi) is 1.82. The highest BCUT2D eigenvalue weighted by Gasteiger charge is 2.10. The number of fused-ring (bicyclic) bond motifs is 5. The molecule has 1 aliphatic heterocycles. The maximum Gasteiger partial charge on any atom is 0.0858 e. The first-order valence-electron chi connectivity index (χ1n) is 5.86. The van der Waals surface area contributed by atoms with Crippen LogP contribution in [0.15, 0.2) is 48.8 Å². The third kappa shape index (κ3) is 1.24. The van der Waals surface area contributed by atoms with Crippen molar-refractivity contribution < 1.29 is 0 Å². The molecular formula is C15H11NSi. The van der Waals surface area contributed by atoms with Gasteiger partial charge in [-0.05, 0) is 35.2 Å². The predicted octanol–water partition coefficient (Wildman–Crippen LogP) is 2.87. The minimum atomic E-state index is 0.927. The Morgan fingerprint density at radius 2 is 2.00 bits per heavy atom. The Hall–Kier alpha value is -1.80. The van der Waals surface area contributed by atoms with E-state index in [1.807, 2.05) is 0 Å². The van der Waals surface area contributed by atoms with Crippen LogP contribution in [0.25, 0.3) is 22.4 Å². The average Bonchev–Trinajstić information content (AvgIpc) is 2.86. The second-order valence-corrected chi connectivity index (χ2v) is 5.69. The predicted molar refractivity (Wildman–Crippen MR) is 74.1 cm³/mol. The Morgan fingerprint density at radius 1 is 1.00 bits per heavy atom. The van der Waals surface area contributed by atoms with Gasteiger partial charge in [-0.15, -0.1) is 0 Å². The van der Waals surface area contributed by atoms with E-state index in [0.29, 0.717) is 0 Å². The smallest absolute Gasteiger partial charge is 0.0858 e. The molecule has 0 saturated heterocycles. The van der Waals surface area contributed by atoms with Crippen molar-refractivity contribution in [2.45, 2.75) is 6.04 Å². The molecule has 0 bridgehead atoms. The van der Waals surface area contributed by atoms with Crippen LogP contribution >= 0.6 is 0 Å². The average molecular weight is 233 g/mol. The summed E-state index contributed by atoms with van der Waals surface area (Å²) in [5, 5.41) is 4.25. The molecule has 1 aliphatic rings. The number of hydrogen-bond donors (Lipinski definition) is 0. The molecule has 0 atom stereocenters. The van der Waals surface area contributed by atoms with Crippen LogP contribution in [-0.4, -0.2) is 13.9 Å². The summed E-state index contributed by atoms with van der Waals surface area (Å²) in [5.41, 5.74) is 2.73. The zero-order valence-electron chi connectivity index (χ0n) is 9.35. The Balaban J connectivity index is 2.21. The Morgan fingerprint density at radius 3 is 3.00 bits per heavy atom. The van der Waals surface area contributed by atoms with Crippen molar-refractivity contribution in [1.82, 2.24) is 4.40 Å². The van der Waals surface area contributed by atoms with Gasteiger partial charge in [-0.1, -0.05) is 29.5 Å². The molecule has 3 heterocycles. The van der Waals surface area contributed by atoms with E-state index in [4.69, 9.17) is 0 Å². The number of hydrogen-bond acceptors (Lipinski definition) is 0. The van der Waals surface area contributed by atoms with Gasteiger partial charge in [-0.3, -0.25) is 0 Å². The molecular weight excluding hydrogens is 222 g/mol. The summed E-state index contributed by atoms with van der Waals surface area (Å²) in [4.78, 5) is 0. The van der Waals surface area contributed by atoms with Crippen LogP contribution in [0.3, 0.4) is 0 Å². The fraction of sp³-hybridized carbons (Fsp3) is 0.0667. The van der Waals surface area contributed by atoms with Gasteiger partial charge in [0, 0.05) is 17.8 Å². The summed E-state index contributed by atoms with van der Waals surface area (Å²) in [6.07, 6.45) is 8.84. The topological polar surface area (TPSA) is 4.41 Å². The van der Waals surface area contributed by atoms with Crippen molar-refractivity contribution in [3.05, 3.63) is 54.4 Å². The highest BCUT2D eigenvalue weighted by molar-refractivity contribution is 6.56. The van der Waals surface area contributed by atoms with E-state index in [-0.39, 0.29) is 0 Å². The molecule has 3 aromatic rings. The normalized spacial score (nSPS) is 14.4. The zero-order valence-corrected chi connectivity index (χ0v) is 10.4. The van der Waals surface area contributed by atoms with Gasteiger partial charge in [0.25, 0.3) is 0 Å². The quantitative estimate of drug-likeness (QED) is 0.526. The van der Waals surface area contributed by atoms with Gasteiger partial charge in [-0.2, -0.15) is 0 Å². The summed E-state index contributed by atoms with van der Waals surface area (Å²) in [7, 11) is 0.927. The van der Waals surface area contributed by atoms with E-state index in [2.05, 4.69) is 59.3 Å². The molecule has 0 spiro atoms. The molecule has 80 valence electrons. The first kappa shape index (κ1) is 9.25. The maximum atomic E-state index is 2.30. The minimum absolute atomic E-state index is 0.927. The van der Waals surface area contributed by atoms with Crippen molar-refractivity contribution in [2.24, 2.45) is 0 Å². The van der Waals surface area contributed by atoms with E-state index in [9.17, 15) is 0 Å². The maximum absolute atomic E-state index is 2.30. The highest BCUT2D eigenvalue weighted by Crippen LogP contribution is 2.24. The van der Waals surface area contributed by atoms with E-state index in [1.165, 1.54) is 33.1 Å². The van der Waals surface area contributed by atoms with Crippen molar-refractivity contribution in [2.75, 3.05) is 0 Å².